The quantitative estimate of drug-likeness (QED) is 0.720. The summed E-state index contributed by atoms with van der Waals surface area (Å²) in [6.07, 6.45) is 1.55. The maximum atomic E-state index is 12.2. The Morgan fingerprint density at radius 3 is 2.62 bits per heavy atom. The molecule has 0 radical (unpaired) electrons. The zero-order valence-electron chi connectivity index (χ0n) is 15.5. The number of hydrogen-bond acceptors (Lipinski definition) is 4. The predicted molar refractivity (Wildman–Crippen MR) is 105 cm³/mol. The predicted octanol–water partition coefficient (Wildman–Crippen LogP) is 3.49. The molecule has 26 heavy (non-hydrogen) atoms. The second-order valence-corrected chi connectivity index (χ2v) is 9.77. The van der Waals surface area contributed by atoms with Crippen LogP contribution in [0.4, 0.5) is 0 Å². The lowest BCUT2D eigenvalue weighted by molar-refractivity contribution is 0.138. The van der Waals surface area contributed by atoms with Crippen LogP contribution in [0.2, 0.25) is 0 Å². The molecule has 0 saturated heterocycles. The van der Waals surface area contributed by atoms with Crippen molar-refractivity contribution >= 4 is 9.84 Å². The minimum absolute atomic E-state index is 0.119. The van der Waals surface area contributed by atoms with Crippen LogP contribution in [-0.4, -0.2) is 26.3 Å². The zero-order chi connectivity index (χ0) is 18.6. The van der Waals surface area contributed by atoms with Crippen LogP contribution in [0.15, 0.2) is 48.5 Å². The molecular formula is C21H27NO3S. The summed E-state index contributed by atoms with van der Waals surface area (Å²) in [5, 5.41) is 3.34. The van der Waals surface area contributed by atoms with E-state index < -0.39 is 9.84 Å². The van der Waals surface area contributed by atoms with E-state index in [1.54, 1.807) is 0 Å². The first-order valence-corrected chi connectivity index (χ1v) is 10.9. The first-order valence-electron chi connectivity index (χ1n) is 9.09. The van der Waals surface area contributed by atoms with E-state index in [-0.39, 0.29) is 17.1 Å². The van der Waals surface area contributed by atoms with Crippen molar-refractivity contribution in [2.45, 2.75) is 44.6 Å². The fourth-order valence-electron chi connectivity index (χ4n) is 3.32. The van der Waals surface area contributed by atoms with Gasteiger partial charge in [0.2, 0.25) is 0 Å². The van der Waals surface area contributed by atoms with E-state index in [1.165, 1.54) is 11.1 Å². The number of sulfone groups is 1. The Hall–Kier alpha value is -1.85. The third kappa shape index (κ3) is 5.32. The molecule has 1 aliphatic rings. The van der Waals surface area contributed by atoms with Gasteiger partial charge in [-0.05, 0) is 49.6 Å². The summed E-state index contributed by atoms with van der Waals surface area (Å²) < 4.78 is 30.3. The number of fused-ring (bicyclic) bond motifs is 1. The van der Waals surface area contributed by atoms with Crippen molar-refractivity contribution in [3.63, 3.8) is 0 Å². The molecule has 140 valence electrons. The normalized spacial score (nSPS) is 15.5. The summed E-state index contributed by atoms with van der Waals surface area (Å²) in [6.45, 7) is 5.63. The zero-order valence-corrected chi connectivity index (χ0v) is 16.3. The molecule has 0 unspecified atom stereocenters. The summed E-state index contributed by atoms with van der Waals surface area (Å²) >= 11 is 0. The van der Waals surface area contributed by atoms with Crippen molar-refractivity contribution in [3.05, 3.63) is 65.2 Å². The van der Waals surface area contributed by atoms with Gasteiger partial charge in [-0.1, -0.05) is 42.5 Å². The standard InChI is InChI=1S/C21H27NO3S/c1-21(2)14-19-13-18(9-10-20(19)25-21)15-22-11-6-12-26(23,24)16-17-7-4-3-5-8-17/h3-5,7-10,13,22H,6,11-12,14-16H2,1-2H3. The molecule has 0 spiro atoms. The largest absolute Gasteiger partial charge is 0.487 e. The van der Waals surface area contributed by atoms with Crippen LogP contribution in [0.3, 0.4) is 0 Å². The number of rotatable bonds is 8. The van der Waals surface area contributed by atoms with Crippen molar-refractivity contribution in [1.82, 2.24) is 5.32 Å². The topological polar surface area (TPSA) is 55.4 Å². The van der Waals surface area contributed by atoms with Crippen LogP contribution in [0.1, 0.15) is 37.0 Å². The molecule has 4 nitrogen and oxygen atoms in total. The highest BCUT2D eigenvalue weighted by molar-refractivity contribution is 7.90. The molecular weight excluding hydrogens is 346 g/mol. The van der Waals surface area contributed by atoms with E-state index >= 15 is 0 Å². The summed E-state index contributed by atoms with van der Waals surface area (Å²) in [5.41, 5.74) is 3.18. The number of benzene rings is 2. The molecule has 1 N–H and O–H groups in total. The Balaban J connectivity index is 1.41. The Kier molecular flexibility index (Phi) is 5.68. The summed E-state index contributed by atoms with van der Waals surface area (Å²) in [5.74, 6) is 1.31. The number of ether oxygens (including phenoxy) is 1. The van der Waals surface area contributed by atoms with Crippen molar-refractivity contribution < 1.29 is 13.2 Å². The Bertz CT molecular complexity index is 845. The Labute approximate surface area is 156 Å². The van der Waals surface area contributed by atoms with Crippen LogP contribution in [0, 0.1) is 0 Å². The van der Waals surface area contributed by atoms with Gasteiger partial charge in [-0.3, -0.25) is 0 Å². The van der Waals surface area contributed by atoms with Gasteiger partial charge in [0, 0.05) is 13.0 Å². The molecule has 3 rings (SSSR count). The lowest BCUT2D eigenvalue weighted by Gasteiger charge is -2.16. The van der Waals surface area contributed by atoms with Gasteiger partial charge in [0.05, 0.1) is 11.5 Å². The molecule has 1 heterocycles. The molecule has 5 heteroatoms. The summed E-state index contributed by atoms with van der Waals surface area (Å²) in [7, 11) is -3.06. The van der Waals surface area contributed by atoms with Crippen LogP contribution in [0.5, 0.6) is 5.75 Å². The number of hydrogen-bond donors (Lipinski definition) is 1. The molecule has 0 bridgehead atoms. The van der Waals surface area contributed by atoms with E-state index in [9.17, 15) is 8.42 Å². The second-order valence-electron chi connectivity index (χ2n) is 7.59. The van der Waals surface area contributed by atoms with Gasteiger partial charge in [0.15, 0.2) is 9.84 Å². The molecule has 0 aliphatic carbocycles. The van der Waals surface area contributed by atoms with Crippen LogP contribution in [0.25, 0.3) is 0 Å². The van der Waals surface area contributed by atoms with E-state index in [0.29, 0.717) is 13.0 Å². The van der Waals surface area contributed by atoms with E-state index in [4.69, 9.17) is 4.74 Å². The highest BCUT2D eigenvalue weighted by atomic mass is 32.2. The monoisotopic (exact) mass is 373 g/mol. The fraction of sp³-hybridized carbons (Fsp3) is 0.429. The lowest BCUT2D eigenvalue weighted by atomic mass is 10.0. The molecule has 0 amide bonds. The molecule has 1 aliphatic heterocycles. The lowest BCUT2D eigenvalue weighted by Crippen LogP contribution is -2.24. The first kappa shape index (κ1) is 18.9. The maximum Gasteiger partial charge on any atom is 0.154 e. The van der Waals surface area contributed by atoms with Gasteiger partial charge in [0.25, 0.3) is 0 Å². The van der Waals surface area contributed by atoms with Crippen molar-refractivity contribution in [1.29, 1.82) is 0 Å². The van der Waals surface area contributed by atoms with E-state index in [1.807, 2.05) is 36.4 Å². The van der Waals surface area contributed by atoms with Crippen molar-refractivity contribution in [3.8, 4) is 5.75 Å². The van der Waals surface area contributed by atoms with Crippen molar-refractivity contribution in [2.24, 2.45) is 0 Å². The fourth-order valence-corrected chi connectivity index (χ4v) is 4.75. The highest BCUT2D eigenvalue weighted by Crippen LogP contribution is 2.35. The van der Waals surface area contributed by atoms with Crippen molar-refractivity contribution in [2.75, 3.05) is 12.3 Å². The van der Waals surface area contributed by atoms with Crippen LogP contribution < -0.4 is 10.1 Å². The summed E-state index contributed by atoms with van der Waals surface area (Å²) in [4.78, 5) is 0. The van der Waals surface area contributed by atoms with Gasteiger partial charge in [0.1, 0.15) is 11.4 Å². The molecule has 2 aromatic carbocycles. The minimum Gasteiger partial charge on any atom is -0.487 e. The molecule has 0 aromatic heterocycles. The molecule has 0 saturated carbocycles. The molecule has 0 fully saturated rings. The number of nitrogens with one attached hydrogen (secondary N) is 1. The third-order valence-corrected chi connectivity index (χ3v) is 6.18. The van der Waals surface area contributed by atoms with E-state index in [2.05, 4.69) is 31.3 Å². The van der Waals surface area contributed by atoms with Gasteiger partial charge >= 0.3 is 0 Å². The second kappa shape index (κ2) is 7.80. The minimum atomic E-state index is -3.06. The van der Waals surface area contributed by atoms with E-state index in [0.717, 1.165) is 24.3 Å². The van der Waals surface area contributed by atoms with Gasteiger partial charge in [-0.25, -0.2) is 8.42 Å². The SMILES string of the molecule is CC1(C)Cc2cc(CNCCCS(=O)(=O)Cc3ccccc3)ccc2O1. The average molecular weight is 374 g/mol. The first-order chi connectivity index (χ1) is 12.3. The molecule has 2 aromatic rings. The Morgan fingerprint density at radius 1 is 1.08 bits per heavy atom. The maximum absolute atomic E-state index is 12.2. The van der Waals surface area contributed by atoms with Gasteiger partial charge in [-0.2, -0.15) is 0 Å². The highest BCUT2D eigenvalue weighted by Gasteiger charge is 2.29. The van der Waals surface area contributed by atoms with Gasteiger partial charge < -0.3 is 10.1 Å². The molecule has 0 atom stereocenters. The smallest absolute Gasteiger partial charge is 0.154 e. The van der Waals surface area contributed by atoms with Crippen LogP contribution in [-0.2, 0) is 28.6 Å². The van der Waals surface area contributed by atoms with Crippen LogP contribution >= 0.6 is 0 Å². The summed E-state index contributed by atoms with van der Waals surface area (Å²) in [6, 6.07) is 15.6. The average Bonchev–Trinajstić information content (AvgIpc) is 2.88. The van der Waals surface area contributed by atoms with Gasteiger partial charge in [-0.15, -0.1) is 0 Å². The Morgan fingerprint density at radius 2 is 1.85 bits per heavy atom. The third-order valence-electron chi connectivity index (χ3n) is 4.49.